The minimum absolute atomic E-state index is 0.0514. The fraction of sp³-hybridized carbons (Fsp3) is 0.250. The van der Waals surface area contributed by atoms with Gasteiger partial charge in [-0.15, -0.1) is 0 Å². The maximum Gasteiger partial charge on any atom is 0.161 e. The molecule has 3 aromatic carbocycles. The molecule has 4 nitrogen and oxygen atoms in total. The van der Waals surface area contributed by atoms with E-state index in [1.807, 2.05) is 30.3 Å². The predicted molar refractivity (Wildman–Crippen MR) is 110 cm³/mol. The molecular weight excluding hydrogens is 350 g/mol. The molecule has 0 aliphatic carbocycles. The van der Waals surface area contributed by atoms with E-state index in [0.29, 0.717) is 6.61 Å². The number of methoxy groups -OCH3 is 2. The second-order valence-corrected chi connectivity index (χ2v) is 6.86. The lowest BCUT2D eigenvalue weighted by Gasteiger charge is -2.29. The molecule has 1 aliphatic rings. The maximum absolute atomic E-state index is 6.20. The first-order chi connectivity index (χ1) is 13.8. The molecule has 0 saturated carbocycles. The number of ether oxygens (including phenoxy) is 3. The van der Waals surface area contributed by atoms with Gasteiger partial charge in [-0.1, -0.05) is 48.5 Å². The van der Waals surface area contributed by atoms with Crippen LogP contribution in [0.3, 0.4) is 0 Å². The second kappa shape index (κ2) is 8.36. The average Bonchev–Trinajstić information content (AvgIpc) is 2.77. The number of hydrogen-bond acceptors (Lipinski definition) is 4. The molecule has 0 spiro atoms. The topological polar surface area (TPSA) is 39.7 Å². The van der Waals surface area contributed by atoms with E-state index >= 15 is 0 Å². The van der Waals surface area contributed by atoms with Gasteiger partial charge in [0.15, 0.2) is 11.5 Å². The third-order valence-electron chi connectivity index (χ3n) is 5.17. The second-order valence-electron chi connectivity index (χ2n) is 6.86. The van der Waals surface area contributed by atoms with Crippen molar-refractivity contribution in [2.75, 3.05) is 20.8 Å². The van der Waals surface area contributed by atoms with Crippen LogP contribution >= 0.6 is 0 Å². The molecule has 1 unspecified atom stereocenters. The van der Waals surface area contributed by atoms with Gasteiger partial charge in [-0.2, -0.15) is 0 Å². The molecule has 1 N–H and O–H groups in total. The summed E-state index contributed by atoms with van der Waals surface area (Å²) >= 11 is 0. The molecule has 1 heterocycles. The summed E-state index contributed by atoms with van der Waals surface area (Å²) in [6.07, 6.45) is 0.958. The largest absolute Gasteiger partial charge is 0.493 e. The average molecular weight is 375 g/mol. The summed E-state index contributed by atoms with van der Waals surface area (Å²) in [4.78, 5) is 0. The summed E-state index contributed by atoms with van der Waals surface area (Å²) in [5.41, 5.74) is 4.77. The highest BCUT2D eigenvalue weighted by Crippen LogP contribution is 2.39. The Labute approximate surface area is 166 Å². The Morgan fingerprint density at radius 3 is 2.32 bits per heavy atom. The number of rotatable bonds is 6. The standard InChI is InChI=1S/C24H25NO3/c1-26-22-14-18-12-13-25-24(20(18)15-23(22)27-2)19-10-6-7-11-21(19)28-16-17-8-4-3-5-9-17/h3-11,14-15,24-25H,12-13,16H2,1-2H3. The monoisotopic (exact) mass is 375 g/mol. The first-order valence-electron chi connectivity index (χ1n) is 9.54. The molecule has 0 bridgehead atoms. The lowest BCUT2D eigenvalue weighted by atomic mass is 9.89. The van der Waals surface area contributed by atoms with Crippen molar-refractivity contribution in [3.63, 3.8) is 0 Å². The summed E-state index contributed by atoms with van der Waals surface area (Å²) in [5, 5.41) is 3.64. The third kappa shape index (κ3) is 3.69. The minimum atomic E-state index is 0.0514. The van der Waals surface area contributed by atoms with Crippen LogP contribution in [0.2, 0.25) is 0 Å². The van der Waals surface area contributed by atoms with Crippen molar-refractivity contribution in [1.29, 1.82) is 0 Å². The fourth-order valence-electron chi connectivity index (χ4n) is 3.75. The highest BCUT2D eigenvalue weighted by molar-refractivity contribution is 5.53. The van der Waals surface area contributed by atoms with Crippen molar-refractivity contribution >= 4 is 0 Å². The number of hydrogen-bond donors (Lipinski definition) is 1. The Balaban J connectivity index is 1.67. The predicted octanol–water partition coefficient (Wildman–Crippen LogP) is 4.52. The van der Waals surface area contributed by atoms with Crippen LogP contribution in [-0.4, -0.2) is 20.8 Å². The van der Waals surface area contributed by atoms with Gasteiger partial charge >= 0.3 is 0 Å². The van der Waals surface area contributed by atoms with Gasteiger partial charge in [0.25, 0.3) is 0 Å². The van der Waals surface area contributed by atoms with E-state index in [4.69, 9.17) is 14.2 Å². The number of nitrogens with one attached hydrogen (secondary N) is 1. The van der Waals surface area contributed by atoms with Gasteiger partial charge in [0.2, 0.25) is 0 Å². The summed E-state index contributed by atoms with van der Waals surface area (Å²) in [6.45, 7) is 1.45. The van der Waals surface area contributed by atoms with Gasteiger partial charge in [-0.05, 0) is 41.3 Å². The zero-order valence-corrected chi connectivity index (χ0v) is 16.3. The smallest absolute Gasteiger partial charge is 0.161 e. The minimum Gasteiger partial charge on any atom is -0.493 e. The van der Waals surface area contributed by atoms with Gasteiger partial charge in [0.05, 0.1) is 20.3 Å². The van der Waals surface area contributed by atoms with Gasteiger partial charge in [0, 0.05) is 12.1 Å². The summed E-state index contributed by atoms with van der Waals surface area (Å²) in [5.74, 6) is 2.42. The Morgan fingerprint density at radius 2 is 1.54 bits per heavy atom. The van der Waals surface area contributed by atoms with E-state index in [1.165, 1.54) is 11.1 Å². The van der Waals surface area contributed by atoms with Gasteiger partial charge in [-0.25, -0.2) is 0 Å². The highest BCUT2D eigenvalue weighted by Gasteiger charge is 2.26. The zero-order chi connectivity index (χ0) is 19.3. The van der Waals surface area contributed by atoms with Crippen molar-refractivity contribution in [3.8, 4) is 17.2 Å². The molecule has 0 radical (unpaired) electrons. The lowest BCUT2D eigenvalue weighted by molar-refractivity contribution is 0.300. The van der Waals surface area contributed by atoms with Crippen molar-refractivity contribution in [2.24, 2.45) is 0 Å². The van der Waals surface area contributed by atoms with E-state index in [1.54, 1.807) is 14.2 Å². The Morgan fingerprint density at radius 1 is 0.821 bits per heavy atom. The van der Waals surface area contributed by atoms with E-state index < -0.39 is 0 Å². The van der Waals surface area contributed by atoms with E-state index in [0.717, 1.165) is 41.3 Å². The Hall–Kier alpha value is -2.98. The number of benzene rings is 3. The molecule has 4 rings (SSSR count). The molecule has 144 valence electrons. The maximum atomic E-state index is 6.20. The van der Waals surface area contributed by atoms with Gasteiger partial charge < -0.3 is 19.5 Å². The molecule has 0 saturated heterocycles. The first kappa shape index (κ1) is 18.4. The fourth-order valence-corrected chi connectivity index (χ4v) is 3.75. The molecule has 4 heteroatoms. The summed E-state index contributed by atoms with van der Waals surface area (Å²) < 4.78 is 17.2. The molecule has 0 amide bonds. The van der Waals surface area contributed by atoms with Crippen LogP contribution in [0.4, 0.5) is 0 Å². The quantitative estimate of drug-likeness (QED) is 0.688. The molecule has 0 fully saturated rings. The van der Waals surface area contributed by atoms with Crippen molar-refractivity contribution in [1.82, 2.24) is 5.32 Å². The highest BCUT2D eigenvalue weighted by atomic mass is 16.5. The van der Waals surface area contributed by atoms with Crippen molar-refractivity contribution < 1.29 is 14.2 Å². The first-order valence-corrected chi connectivity index (χ1v) is 9.54. The molecule has 1 atom stereocenters. The van der Waals surface area contributed by atoms with Gasteiger partial charge in [0.1, 0.15) is 12.4 Å². The Kier molecular flexibility index (Phi) is 5.49. The molecule has 3 aromatic rings. The number of para-hydroxylation sites is 1. The van der Waals surface area contributed by atoms with Crippen LogP contribution in [-0.2, 0) is 13.0 Å². The lowest BCUT2D eigenvalue weighted by Crippen LogP contribution is -2.31. The Bertz CT molecular complexity index is 940. The van der Waals surface area contributed by atoms with E-state index in [-0.39, 0.29) is 6.04 Å². The summed E-state index contributed by atoms with van der Waals surface area (Å²) in [7, 11) is 3.35. The van der Waals surface area contributed by atoms with E-state index in [2.05, 4.69) is 41.7 Å². The van der Waals surface area contributed by atoms with Crippen molar-refractivity contribution in [2.45, 2.75) is 19.1 Å². The number of fused-ring (bicyclic) bond motifs is 1. The normalized spacial score (nSPS) is 15.6. The van der Waals surface area contributed by atoms with E-state index in [9.17, 15) is 0 Å². The van der Waals surface area contributed by atoms with Gasteiger partial charge in [-0.3, -0.25) is 0 Å². The summed E-state index contributed by atoms with van der Waals surface area (Å²) in [6, 6.07) is 22.7. The van der Waals surface area contributed by atoms with Crippen LogP contribution in [0.5, 0.6) is 17.2 Å². The molecular formula is C24H25NO3. The zero-order valence-electron chi connectivity index (χ0n) is 16.3. The SMILES string of the molecule is COc1cc2c(cc1OC)C(c1ccccc1OCc1ccccc1)NCC2. The molecule has 1 aliphatic heterocycles. The van der Waals surface area contributed by atoms with Crippen LogP contribution in [0.25, 0.3) is 0 Å². The van der Waals surface area contributed by atoms with Crippen molar-refractivity contribution in [3.05, 3.63) is 89.0 Å². The molecule has 28 heavy (non-hydrogen) atoms. The third-order valence-corrected chi connectivity index (χ3v) is 5.17. The van der Waals surface area contributed by atoms with Crippen LogP contribution in [0.1, 0.15) is 28.3 Å². The van der Waals surface area contributed by atoms with Crippen LogP contribution < -0.4 is 19.5 Å². The van der Waals surface area contributed by atoms with Crippen LogP contribution in [0.15, 0.2) is 66.7 Å². The molecule has 0 aromatic heterocycles. The van der Waals surface area contributed by atoms with Crippen LogP contribution in [0, 0.1) is 0 Å².